The average molecular weight is 375 g/mol. The molecular formula is C19H15ClO6. The molecule has 0 amide bonds. The first-order valence-electron chi connectivity index (χ1n) is 7.40. The van der Waals surface area contributed by atoms with Crippen LogP contribution in [-0.2, 0) is 14.3 Å². The molecule has 0 saturated carbocycles. The van der Waals surface area contributed by atoms with Gasteiger partial charge in [0.15, 0.2) is 0 Å². The SMILES string of the molecule is COC(=O)c1cc(OC(=O)/C=C/c2ccc(Cl)cc2)cc(C(=O)OC)c1. The number of benzene rings is 2. The minimum Gasteiger partial charge on any atom is -0.465 e. The number of hydrogen-bond donors (Lipinski definition) is 0. The van der Waals surface area contributed by atoms with Crippen LogP contribution in [-0.4, -0.2) is 32.1 Å². The van der Waals surface area contributed by atoms with Gasteiger partial charge < -0.3 is 14.2 Å². The van der Waals surface area contributed by atoms with Crippen LogP contribution in [0.2, 0.25) is 5.02 Å². The van der Waals surface area contributed by atoms with Crippen molar-refractivity contribution >= 4 is 35.6 Å². The van der Waals surface area contributed by atoms with Gasteiger partial charge >= 0.3 is 17.9 Å². The number of carbonyl (C=O) groups is 3. The Balaban J connectivity index is 2.21. The summed E-state index contributed by atoms with van der Waals surface area (Å²) in [4.78, 5) is 35.4. The van der Waals surface area contributed by atoms with Crippen LogP contribution in [0.4, 0.5) is 0 Å². The molecule has 2 rings (SSSR count). The van der Waals surface area contributed by atoms with E-state index in [1.807, 2.05) is 0 Å². The largest absolute Gasteiger partial charge is 0.465 e. The third-order valence-corrected chi connectivity index (χ3v) is 3.50. The third-order valence-electron chi connectivity index (χ3n) is 3.25. The number of carbonyl (C=O) groups excluding carboxylic acids is 3. The summed E-state index contributed by atoms with van der Waals surface area (Å²) in [5.74, 6) is -2.02. The van der Waals surface area contributed by atoms with Crippen LogP contribution < -0.4 is 4.74 Å². The molecule has 0 bridgehead atoms. The first-order valence-corrected chi connectivity index (χ1v) is 7.78. The fourth-order valence-corrected chi connectivity index (χ4v) is 2.14. The van der Waals surface area contributed by atoms with Gasteiger partial charge in [-0.15, -0.1) is 0 Å². The highest BCUT2D eigenvalue weighted by Crippen LogP contribution is 2.19. The molecule has 0 spiro atoms. The molecule has 0 unspecified atom stereocenters. The lowest BCUT2D eigenvalue weighted by molar-refractivity contribution is -0.128. The molecule has 0 aliphatic carbocycles. The maximum atomic E-state index is 12.0. The van der Waals surface area contributed by atoms with Crippen molar-refractivity contribution in [3.63, 3.8) is 0 Å². The minimum atomic E-state index is -0.683. The molecule has 0 aromatic heterocycles. The van der Waals surface area contributed by atoms with Gasteiger partial charge in [0.25, 0.3) is 0 Å². The van der Waals surface area contributed by atoms with Crippen molar-refractivity contribution in [1.29, 1.82) is 0 Å². The second kappa shape index (κ2) is 8.82. The van der Waals surface area contributed by atoms with Crippen molar-refractivity contribution in [3.05, 3.63) is 70.3 Å². The topological polar surface area (TPSA) is 78.9 Å². The summed E-state index contributed by atoms with van der Waals surface area (Å²) in [6.07, 6.45) is 2.76. The molecular weight excluding hydrogens is 360 g/mol. The first kappa shape index (κ1) is 19.2. The highest BCUT2D eigenvalue weighted by atomic mass is 35.5. The van der Waals surface area contributed by atoms with E-state index in [4.69, 9.17) is 16.3 Å². The van der Waals surface area contributed by atoms with Crippen LogP contribution in [0.1, 0.15) is 26.3 Å². The molecule has 0 heterocycles. The molecule has 2 aromatic carbocycles. The predicted octanol–water partition coefficient (Wildman–Crippen LogP) is 3.53. The molecule has 134 valence electrons. The smallest absolute Gasteiger partial charge is 0.338 e. The van der Waals surface area contributed by atoms with Crippen molar-refractivity contribution in [2.45, 2.75) is 0 Å². The second-order valence-corrected chi connectivity index (χ2v) is 5.47. The Morgan fingerprint density at radius 3 is 1.92 bits per heavy atom. The zero-order valence-electron chi connectivity index (χ0n) is 14.0. The molecule has 0 saturated heterocycles. The molecule has 0 fully saturated rings. The monoisotopic (exact) mass is 374 g/mol. The van der Waals surface area contributed by atoms with Gasteiger partial charge in [-0.1, -0.05) is 23.7 Å². The number of halogens is 1. The van der Waals surface area contributed by atoms with E-state index >= 15 is 0 Å². The van der Waals surface area contributed by atoms with Crippen molar-refractivity contribution in [2.75, 3.05) is 14.2 Å². The summed E-state index contributed by atoms with van der Waals surface area (Å²) in [6, 6.07) is 10.7. The van der Waals surface area contributed by atoms with Crippen molar-refractivity contribution < 1.29 is 28.6 Å². The van der Waals surface area contributed by atoms with Crippen molar-refractivity contribution in [1.82, 2.24) is 0 Å². The van der Waals surface area contributed by atoms with E-state index in [-0.39, 0.29) is 16.9 Å². The second-order valence-electron chi connectivity index (χ2n) is 5.04. The van der Waals surface area contributed by atoms with Crippen LogP contribution >= 0.6 is 11.6 Å². The zero-order chi connectivity index (χ0) is 19.1. The molecule has 0 N–H and O–H groups in total. The lowest BCUT2D eigenvalue weighted by Crippen LogP contribution is -2.09. The summed E-state index contributed by atoms with van der Waals surface area (Å²) >= 11 is 5.80. The maximum absolute atomic E-state index is 12.0. The van der Waals surface area contributed by atoms with Crippen LogP contribution in [0.3, 0.4) is 0 Å². The molecule has 0 aliphatic rings. The van der Waals surface area contributed by atoms with Crippen molar-refractivity contribution in [2.24, 2.45) is 0 Å². The molecule has 0 aliphatic heterocycles. The quantitative estimate of drug-likeness (QED) is 0.452. The van der Waals surface area contributed by atoms with E-state index in [0.29, 0.717) is 5.02 Å². The van der Waals surface area contributed by atoms with Gasteiger partial charge in [0.1, 0.15) is 5.75 Å². The van der Waals surface area contributed by atoms with Gasteiger partial charge in [-0.2, -0.15) is 0 Å². The van der Waals surface area contributed by atoms with Crippen LogP contribution in [0.15, 0.2) is 48.5 Å². The fourth-order valence-electron chi connectivity index (χ4n) is 2.02. The molecule has 26 heavy (non-hydrogen) atoms. The van der Waals surface area contributed by atoms with E-state index in [0.717, 1.165) is 5.56 Å². The fraction of sp³-hybridized carbons (Fsp3) is 0.105. The number of ether oxygens (including phenoxy) is 3. The standard InChI is InChI=1S/C19H15ClO6/c1-24-18(22)13-9-14(19(23)25-2)11-16(10-13)26-17(21)8-5-12-3-6-15(20)7-4-12/h3-11H,1-2H3/b8-5+. The zero-order valence-corrected chi connectivity index (χ0v) is 14.8. The Morgan fingerprint density at radius 1 is 0.885 bits per heavy atom. The first-order chi connectivity index (χ1) is 12.4. The highest BCUT2D eigenvalue weighted by molar-refractivity contribution is 6.30. The molecule has 7 heteroatoms. The van der Waals surface area contributed by atoms with E-state index in [1.165, 1.54) is 38.5 Å². The maximum Gasteiger partial charge on any atom is 0.338 e. The molecule has 0 radical (unpaired) electrons. The Kier molecular flexibility index (Phi) is 6.52. The molecule has 6 nitrogen and oxygen atoms in total. The van der Waals surface area contributed by atoms with E-state index in [9.17, 15) is 14.4 Å². The van der Waals surface area contributed by atoms with Crippen LogP contribution in [0, 0.1) is 0 Å². The highest BCUT2D eigenvalue weighted by Gasteiger charge is 2.15. The van der Waals surface area contributed by atoms with E-state index in [2.05, 4.69) is 9.47 Å². The molecule has 2 aromatic rings. The van der Waals surface area contributed by atoms with E-state index in [1.54, 1.807) is 30.3 Å². The summed E-state index contributed by atoms with van der Waals surface area (Å²) < 4.78 is 14.4. The number of rotatable bonds is 5. The van der Waals surface area contributed by atoms with Gasteiger partial charge in [-0.3, -0.25) is 0 Å². The predicted molar refractivity (Wildman–Crippen MR) is 95.2 cm³/mol. The lowest BCUT2D eigenvalue weighted by atomic mass is 10.1. The van der Waals surface area contributed by atoms with Gasteiger partial charge in [0.05, 0.1) is 25.3 Å². The van der Waals surface area contributed by atoms with Gasteiger partial charge in [-0.05, 0) is 42.0 Å². The summed E-state index contributed by atoms with van der Waals surface area (Å²) in [7, 11) is 2.40. The summed E-state index contributed by atoms with van der Waals surface area (Å²) in [5.41, 5.74) is 0.865. The Labute approximate surface area is 154 Å². The third kappa shape index (κ3) is 5.19. The van der Waals surface area contributed by atoms with Crippen LogP contribution in [0.25, 0.3) is 6.08 Å². The Bertz CT molecular complexity index is 821. The number of esters is 3. The lowest BCUT2D eigenvalue weighted by Gasteiger charge is -2.07. The van der Waals surface area contributed by atoms with Crippen LogP contribution in [0.5, 0.6) is 5.75 Å². The van der Waals surface area contributed by atoms with Gasteiger partial charge in [0.2, 0.25) is 0 Å². The summed E-state index contributed by atoms with van der Waals surface area (Å²) in [6.45, 7) is 0. The Hall–Kier alpha value is -3.12. The van der Waals surface area contributed by atoms with Crippen molar-refractivity contribution in [3.8, 4) is 5.75 Å². The normalized spacial score (nSPS) is 10.4. The average Bonchev–Trinajstić information content (AvgIpc) is 2.65. The van der Waals surface area contributed by atoms with Gasteiger partial charge in [0, 0.05) is 11.1 Å². The summed E-state index contributed by atoms with van der Waals surface area (Å²) in [5, 5.41) is 0.583. The number of methoxy groups -OCH3 is 2. The minimum absolute atomic E-state index is 0.0130. The number of hydrogen-bond acceptors (Lipinski definition) is 6. The molecule has 0 atom stereocenters. The Morgan fingerprint density at radius 2 is 1.42 bits per heavy atom. The van der Waals surface area contributed by atoms with Gasteiger partial charge in [-0.25, -0.2) is 14.4 Å². The van der Waals surface area contributed by atoms with E-state index < -0.39 is 17.9 Å².